The summed E-state index contributed by atoms with van der Waals surface area (Å²) in [6.07, 6.45) is 2.14. The molecule has 2 rings (SSSR count). The van der Waals surface area contributed by atoms with E-state index in [2.05, 4.69) is 12.1 Å². The van der Waals surface area contributed by atoms with Gasteiger partial charge in [0, 0.05) is 6.07 Å². The minimum Gasteiger partial charge on any atom is -0.490 e. The number of rotatable bonds is 7. The van der Waals surface area contributed by atoms with Gasteiger partial charge in [-0.1, -0.05) is 30.6 Å². The van der Waals surface area contributed by atoms with Crippen molar-refractivity contribution < 1.29 is 18.8 Å². The van der Waals surface area contributed by atoms with E-state index in [4.69, 9.17) is 14.0 Å². The topological polar surface area (TPSA) is 61.6 Å². The van der Waals surface area contributed by atoms with Crippen LogP contribution in [0.2, 0.25) is 0 Å². The van der Waals surface area contributed by atoms with Gasteiger partial charge in [0.25, 0.3) is 0 Å². The molecule has 0 fully saturated rings. The summed E-state index contributed by atoms with van der Waals surface area (Å²) < 4.78 is 16.1. The number of nitrogens with zero attached hydrogens (tertiary/aromatic N) is 1. The molecular formula is C17H21NO4. The highest BCUT2D eigenvalue weighted by atomic mass is 16.5. The van der Waals surface area contributed by atoms with Gasteiger partial charge in [-0.2, -0.15) is 0 Å². The van der Waals surface area contributed by atoms with Crippen molar-refractivity contribution in [2.75, 3.05) is 6.61 Å². The van der Waals surface area contributed by atoms with Gasteiger partial charge >= 0.3 is 5.97 Å². The fourth-order valence-corrected chi connectivity index (χ4v) is 2.16. The molecule has 0 spiro atoms. The average Bonchev–Trinajstić information content (AvgIpc) is 2.98. The van der Waals surface area contributed by atoms with Crippen LogP contribution in [0, 0.1) is 0 Å². The van der Waals surface area contributed by atoms with Gasteiger partial charge < -0.3 is 14.0 Å². The summed E-state index contributed by atoms with van der Waals surface area (Å²) in [5.41, 5.74) is 0.932. The fraction of sp³-hybridized carbons (Fsp3) is 0.412. The first-order chi connectivity index (χ1) is 10.7. The normalized spacial score (nSPS) is 12.0. The molecule has 0 amide bonds. The van der Waals surface area contributed by atoms with Gasteiger partial charge in [0.2, 0.25) is 0 Å². The Morgan fingerprint density at radius 3 is 2.82 bits per heavy atom. The molecule has 0 aliphatic carbocycles. The van der Waals surface area contributed by atoms with E-state index < -0.39 is 5.97 Å². The van der Waals surface area contributed by atoms with Crippen molar-refractivity contribution in [3.8, 4) is 17.1 Å². The SMILES string of the molecule is CCCC(C)Oc1ccccc1-c1cc(C(=O)OCC)no1. The van der Waals surface area contributed by atoms with Gasteiger partial charge in [-0.15, -0.1) is 0 Å². The number of carbonyl (C=O) groups excluding carboxylic acids is 1. The van der Waals surface area contributed by atoms with Crippen molar-refractivity contribution in [1.82, 2.24) is 5.16 Å². The van der Waals surface area contributed by atoms with Crippen molar-refractivity contribution in [1.29, 1.82) is 0 Å². The van der Waals surface area contributed by atoms with Gasteiger partial charge in [0.15, 0.2) is 11.5 Å². The van der Waals surface area contributed by atoms with E-state index in [1.165, 1.54) is 0 Å². The van der Waals surface area contributed by atoms with Crippen molar-refractivity contribution in [3.05, 3.63) is 36.0 Å². The highest BCUT2D eigenvalue weighted by Gasteiger charge is 2.17. The van der Waals surface area contributed by atoms with Crippen LogP contribution in [0.15, 0.2) is 34.9 Å². The van der Waals surface area contributed by atoms with E-state index in [0.29, 0.717) is 12.4 Å². The second-order valence-corrected chi connectivity index (χ2v) is 5.01. The standard InChI is InChI=1S/C17H21NO4/c1-4-8-12(3)21-15-10-7-6-9-13(15)16-11-14(18-22-16)17(19)20-5-2/h6-7,9-12H,4-5,8H2,1-3H3. The predicted octanol–water partition coefficient (Wildman–Crippen LogP) is 4.09. The lowest BCUT2D eigenvalue weighted by Gasteiger charge is -2.15. The third-order valence-electron chi connectivity index (χ3n) is 3.17. The molecule has 5 nitrogen and oxygen atoms in total. The second kappa shape index (κ2) is 7.64. The van der Waals surface area contributed by atoms with E-state index in [1.807, 2.05) is 31.2 Å². The first-order valence-corrected chi connectivity index (χ1v) is 7.55. The Balaban J connectivity index is 2.23. The maximum atomic E-state index is 11.7. The maximum absolute atomic E-state index is 11.7. The molecule has 118 valence electrons. The molecule has 0 N–H and O–H groups in total. The molecule has 0 aliphatic rings. The first-order valence-electron chi connectivity index (χ1n) is 7.55. The molecule has 1 heterocycles. The molecule has 1 aromatic carbocycles. The molecule has 0 aliphatic heterocycles. The third-order valence-corrected chi connectivity index (χ3v) is 3.17. The molecule has 0 bridgehead atoms. The fourth-order valence-electron chi connectivity index (χ4n) is 2.16. The molecule has 2 aromatic rings. The van der Waals surface area contributed by atoms with Gasteiger partial charge in [-0.25, -0.2) is 4.79 Å². The number of esters is 1. The van der Waals surface area contributed by atoms with Crippen LogP contribution in [0.4, 0.5) is 0 Å². The van der Waals surface area contributed by atoms with Crippen molar-refractivity contribution in [2.45, 2.75) is 39.7 Å². The molecule has 22 heavy (non-hydrogen) atoms. The summed E-state index contributed by atoms with van der Waals surface area (Å²) in [4.78, 5) is 11.7. The van der Waals surface area contributed by atoms with Crippen LogP contribution in [0.5, 0.6) is 5.75 Å². The van der Waals surface area contributed by atoms with Gasteiger partial charge in [-0.3, -0.25) is 0 Å². The smallest absolute Gasteiger partial charge is 0.360 e. The van der Waals surface area contributed by atoms with Crippen LogP contribution in [-0.4, -0.2) is 23.8 Å². The third kappa shape index (κ3) is 3.87. The Bertz CT molecular complexity index is 621. The molecular weight excluding hydrogens is 282 g/mol. The largest absolute Gasteiger partial charge is 0.490 e. The number of aromatic nitrogens is 1. The lowest BCUT2D eigenvalue weighted by atomic mass is 10.1. The highest BCUT2D eigenvalue weighted by molar-refractivity contribution is 5.88. The summed E-state index contributed by atoms with van der Waals surface area (Å²) in [5, 5.41) is 3.76. The number of ether oxygens (including phenoxy) is 2. The summed E-state index contributed by atoms with van der Waals surface area (Å²) in [5.74, 6) is 0.715. The van der Waals surface area contributed by atoms with E-state index in [1.54, 1.807) is 13.0 Å². The summed E-state index contributed by atoms with van der Waals surface area (Å²) >= 11 is 0. The number of carbonyl (C=O) groups is 1. The Morgan fingerprint density at radius 1 is 1.32 bits per heavy atom. The van der Waals surface area contributed by atoms with Crippen LogP contribution in [0.3, 0.4) is 0 Å². The Kier molecular flexibility index (Phi) is 5.58. The van der Waals surface area contributed by atoms with Crippen LogP contribution in [-0.2, 0) is 4.74 Å². The van der Waals surface area contributed by atoms with E-state index in [-0.39, 0.29) is 11.8 Å². The van der Waals surface area contributed by atoms with E-state index >= 15 is 0 Å². The van der Waals surface area contributed by atoms with Crippen LogP contribution in [0.25, 0.3) is 11.3 Å². The monoisotopic (exact) mass is 303 g/mol. The van der Waals surface area contributed by atoms with Gasteiger partial charge in [0.05, 0.1) is 18.3 Å². The minimum atomic E-state index is -0.491. The van der Waals surface area contributed by atoms with Crippen molar-refractivity contribution >= 4 is 5.97 Å². The summed E-state index contributed by atoms with van der Waals surface area (Å²) in [7, 11) is 0. The highest BCUT2D eigenvalue weighted by Crippen LogP contribution is 2.31. The molecule has 5 heteroatoms. The molecule has 1 unspecified atom stereocenters. The molecule has 1 aromatic heterocycles. The Morgan fingerprint density at radius 2 is 2.09 bits per heavy atom. The quantitative estimate of drug-likeness (QED) is 0.721. The summed E-state index contributed by atoms with van der Waals surface area (Å²) in [6.45, 7) is 6.20. The maximum Gasteiger partial charge on any atom is 0.360 e. The second-order valence-electron chi connectivity index (χ2n) is 5.01. The number of benzene rings is 1. The van der Waals surface area contributed by atoms with Gasteiger partial charge in [-0.05, 0) is 32.4 Å². The average molecular weight is 303 g/mol. The van der Waals surface area contributed by atoms with Gasteiger partial charge in [0.1, 0.15) is 5.75 Å². The minimum absolute atomic E-state index is 0.110. The lowest BCUT2D eigenvalue weighted by Crippen LogP contribution is -2.11. The zero-order valence-electron chi connectivity index (χ0n) is 13.2. The van der Waals surface area contributed by atoms with Crippen molar-refractivity contribution in [3.63, 3.8) is 0 Å². The number of hydrogen-bond acceptors (Lipinski definition) is 5. The molecule has 0 saturated carbocycles. The zero-order chi connectivity index (χ0) is 15.9. The summed E-state index contributed by atoms with van der Waals surface area (Å²) in [6, 6.07) is 9.13. The van der Waals surface area contributed by atoms with Crippen LogP contribution in [0.1, 0.15) is 44.1 Å². The lowest BCUT2D eigenvalue weighted by molar-refractivity contribution is 0.0514. The van der Waals surface area contributed by atoms with E-state index in [0.717, 1.165) is 24.2 Å². The Labute approximate surface area is 130 Å². The van der Waals surface area contributed by atoms with E-state index in [9.17, 15) is 4.79 Å². The van der Waals surface area contributed by atoms with Crippen LogP contribution >= 0.6 is 0 Å². The number of para-hydroxylation sites is 1. The number of hydrogen-bond donors (Lipinski definition) is 0. The first kappa shape index (κ1) is 16.1. The predicted molar refractivity (Wildman–Crippen MR) is 82.9 cm³/mol. The molecule has 0 saturated heterocycles. The zero-order valence-corrected chi connectivity index (χ0v) is 13.2. The molecule has 0 radical (unpaired) electrons. The van der Waals surface area contributed by atoms with Crippen LogP contribution < -0.4 is 4.74 Å². The van der Waals surface area contributed by atoms with Crippen molar-refractivity contribution in [2.24, 2.45) is 0 Å². The molecule has 1 atom stereocenters. The Hall–Kier alpha value is -2.30.